The molecule has 1 aliphatic rings. The molecule has 2 heterocycles. The number of hydrogen-bond acceptors (Lipinski definition) is 6. The highest BCUT2D eigenvalue weighted by Gasteiger charge is 2.36. The van der Waals surface area contributed by atoms with Crippen molar-refractivity contribution in [2.24, 2.45) is 4.99 Å². The molecule has 1 aliphatic heterocycles. The van der Waals surface area contributed by atoms with E-state index in [4.69, 9.17) is 0 Å². The summed E-state index contributed by atoms with van der Waals surface area (Å²) in [6.45, 7) is -0.309. The molecule has 0 radical (unpaired) electrons. The largest absolute Gasteiger partial charge is 0.389 e. The van der Waals surface area contributed by atoms with Gasteiger partial charge in [0, 0.05) is 20.3 Å². The fourth-order valence-electron chi connectivity index (χ4n) is 2.71. The lowest BCUT2D eigenvalue weighted by atomic mass is 10.1. The van der Waals surface area contributed by atoms with E-state index in [1.54, 1.807) is 43.3 Å². The van der Waals surface area contributed by atoms with Crippen LogP contribution < -0.4 is 5.69 Å². The molecule has 1 N–H and O–H groups in total. The quantitative estimate of drug-likeness (QED) is 0.440. The Morgan fingerprint density at radius 3 is 2.30 bits per heavy atom. The van der Waals surface area contributed by atoms with Crippen LogP contribution in [-0.4, -0.2) is 69.4 Å². The van der Waals surface area contributed by atoms with Crippen molar-refractivity contribution in [3.8, 4) is 0 Å². The molecule has 27 heavy (non-hydrogen) atoms. The number of nitrogens with zero attached hydrogens (tertiary/aromatic N) is 5. The zero-order chi connectivity index (χ0) is 19.6. The number of hydrogen-bond donors (Lipinski definition) is 1. The highest BCUT2D eigenvalue weighted by molar-refractivity contribution is 6.21. The number of amides is 2. The predicted octanol–water partition coefficient (Wildman–Crippen LogP) is 0.122. The van der Waals surface area contributed by atoms with Crippen molar-refractivity contribution in [3.63, 3.8) is 0 Å². The van der Waals surface area contributed by atoms with Crippen LogP contribution in [0.15, 0.2) is 46.3 Å². The molecule has 1 unspecified atom stereocenters. The van der Waals surface area contributed by atoms with E-state index in [0.29, 0.717) is 11.1 Å². The molecule has 140 valence electrons. The Morgan fingerprint density at radius 2 is 1.74 bits per heavy atom. The maximum Gasteiger partial charge on any atom is 0.349 e. The van der Waals surface area contributed by atoms with E-state index in [1.165, 1.54) is 23.2 Å². The standard InChI is InChI=1S/C18H19N5O4/c1-21(2)11-19-15-7-8-22(18(27)20-15)9-12(24)10-23-16(25)13-5-3-4-6-14(13)17(23)26/h3-8,11-12,24H,9-10H2,1-2H3. The van der Waals surface area contributed by atoms with E-state index in [1.807, 2.05) is 0 Å². The number of imide groups is 1. The molecule has 9 heteroatoms. The number of carbonyl (C=O) groups excluding carboxylic acids is 2. The first-order chi connectivity index (χ1) is 12.9. The Labute approximate surface area is 155 Å². The third-order valence-electron chi connectivity index (χ3n) is 3.96. The van der Waals surface area contributed by atoms with Crippen LogP contribution in [0.1, 0.15) is 20.7 Å². The number of aliphatic hydroxyl groups is 1. The first-order valence-electron chi connectivity index (χ1n) is 8.28. The first kappa shape index (κ1) is 18.5. The average molecular weight is 369 g/mol. The number of fused-ring (bicyclic) bond motifs is 1. The van der Waals surface area contributed by atoms with Crippen molar-refractivity contribution in [2.45, 2.75) is 12.6 Å². The summed E-state index contributed by atoms with van der Waals surface area (Å²) in [6.07, 6.45) is 1.87. The molecule has 0 saturated carbocycles. The normalized spacial score (nSPS) is 14.7. The van der Waals surface area contributed by atoms with Crippen LogP contribution in [0, 0.1) is 0 Å². The smallest absolute Gasteiger partial charge is 0.349 e. The van der Waals surface area contributed by atoms with Crippen molar-refractivity contribution in [1.29, 1.82) is 0 Å². The van der Waals surface area contributed by atoms with Gasteiger partial charge in [-0.3, -0.25) is 19.1 Å². The highest BCUT2D eigenvalue weighted by Crippen LogP contribution is 2.22. The summed E-state index contributed by atoms with van der Waals surface area (Å²) in [7, 11) is 3.58. The average Bonchev–Trinajstić information content (AvgIpc) is 2.87. The summed E-state index contributed by atoms with van der Waals surface area (Å²) >= 11 is 0. The lowest BCUT2D eigenvalue weighted by Gasteiger charge is -2.19. The second-order valence-electron chi connectivity index (χ2n) is 6.35. The van der Waals surface area contributed by atoms with Crippen LogP contribution in [0.3, 0.4) is 0 Å². The van der Waals surface area contributed by atoms with Crippen LogP contribution in [0.25, 0.3) is 0 Å². The van der Waals surface area contributed by atoms with Crippen molar-refractivity contribution in [3.05, 3.63) is 58.1 Å². The van der Waals surface area contributed by atoms with Crippen molar-refractivity contribution in [1.82, 2.24) is 19.4 Å². The molecule has 0 spiro atoms. The van der Waals surface area contributed by atoms with Gasteiger partial charge in [-0.05, 0) is 18.2 Å². The zero-order valence-electron chi connectivity index (χ0n) is 14.9. The Kier molecular flexibility index (Phi) is 5.13. The third-order valence-corrected chi connectivity index (χ3v) is 3.96. The van der Waals surface area contributed by atoms with Crippen LogP contribution in [0.4, 0.5) is 5.82 Å². The molecule has 2 amide bonds. The topological polar surface area (TPSA) is 108 Å². The Hall–Kier alpha value is -3.33. The number of rotatable bonds is 6. The second kappa shape index (κ2) is 7.50. The van der Waals surface area contributed by atoms with Crippen LogP contribution in [0.2, 0.25) is 0 Å². The predicted molar refractivity (Wildman–Crippen MR) is 98.2 cm³/mol. The Morgan fingerprint density at radius 1 is 1.11 bits per heavy atom. The summed E-state index contributed by atoms with van der Waals surface area (Å²) in [5.74, 6) is -0.651. The summed E-state index contributed by atoms with van der Waals surface area (Å²) < 4.78 is 1.21. The maximum absolute atomic E-state index is 12.3. The summed E-state index contributed by atoms with van der Waals surface area (Å²) in [5.41, 5.74) is 0.0538. The Bertz CT molecular complexity index is 931. The molecular formula is C18H19N5O4. The van der Waals surface area contributed by atoms with Crippen LogP contribution in [-0.2, 0) is 6.54 Å². The van der Waals surface area contributed by atoms with Gasteiger partial charge in [-0.2, -0.15) is 4.98 Å². The fourth-order valence-corrected chi connectivity index (χ4v) is 2.71. The van der Waals surface area contributed by atoms with E-state index < -0.39 is 23.6 Å². The zero-order valence-corrected chi connectivity index (χ0v) is 14.9. The van der Waals surface area contributed by atoms with Gasteiger partial charge in [0.05, 0.1) is 36.7 Å². The molecule has 9 nitrogen and oxygen atoms in total. The van der Waals surface area contributed by atoms with Gasteiger partial charge in [0.1, 0.15) is 0 Å². The van der Waals surface area contributed by atoms with Gasteiger partial charge in [-0.25, -0.2) is 9.79 Å². The molecule has 0 fully saturated rings. The second-order valence-corrected chi connectivity index (χ2v) is 6.35. The van der Waals surface area contributed by atoms with E-state index in [2.05, 4.69) is 9.98 Å². The molecule has 0 bridgehead atoms. The summed E-state index contributed by atoms with van der Waals surface area (Å²) in [4.78, 5) is 47.3. The highest BCUT2D eigenvalue weighted by atomic mass is 16.3. The lowest BCUT2D eigenvalue weighted by Crippen LogP contribution is -2.40. The molecule has 1 aromatic carbocycles. The van der Waals surface area contributed by atoms with Gasteiger partial charge < -0.3 is 10.0 Å². The minimum atomic E-state index is -1.11. The number of aliphatic imine (C=N–C) groups is 1. The molecule has 1 aromatic heterocycles. The van der Waals surface area contributed by atoms with Gasteiger partial charge in [0.25, 0.3) is 11.8 Å². The van der Waals surface area contributed by atoms with Gasteiger partial charge in [-0.1, -0.05) is 12.1 Å². The van der Waals surface area contributed by atoms with Gasteiger partial charge in [-0.15, -0.1) is 0 Å². The van der Waals surface area contributed by atoms with E-state index in [9.17, 15) is 19.5 Å². The van der Waals surface area contributed by atoms with Crippen LogP contribution >= 0.6 is 0 Å². The number of benzene rings is 1. The maximum atomic E-state index is 12.3. The molecular weight excluding hydrogens is 350 g/mol. The van der Waals surface area contributed by atoms with Crippen LogP contribution in [0.5, 0.6) is 0 Å². The molecule has 1 atom stereocenters. The monoisotopic (exact) mass is 369 g/mol. The molecule has 0 saturated heterocycles. The summed E-state index contributed by atoms with van der Waals surface area (Å²) in [6, 6.07) is 8.04. The SMILES string of the molecule is CN(C)C=Nc1ccn(CC(O)CN2C(=O)c3ccccc3C2=O)c(=O)n1. The van der Waals surface area contributed by atoms with E-state index in [-0.39, 0.29) is 18.9 Å². The van der Waals surface area contributed by atoms with E-state index >= 15 is 0 Å². The van der Waals surface area contributed by atoms with Crippen molar-refractivity contribution in [2.75, 3.05) is 20.6 Å². The van der Waals surface area contributed by atoms with E-state index in [0.717, 1.165) is 4.90 Å². The minimum Gasteiger partial charge on any atom is -0.389 e. The summed E-state index contributed by atoms with van der Waals surface area (Å²) in [5, 5.41) is 10.3. The lowest BCUT2D eigenvalue weighted by molar-refractivity contribution is 0.0519. The minimum absolute atomic E-state index is 0.100. The van der Waals surface area contributed by atoms with Gasteiger partial charge in [0.2, 0.25) is 0 Å². The number of aliphatic hydroxyl groups excluding tert-OH is 1. The fraction of sp³-hybridized carbons (Fsp3) is 0.278. The number of carbonyl (C=O) groups is 2. The molecule has 2 aromatic rings. The third kappa shape index (κ3) is 3.93. The van der Waals surface area contributed by atoms with Gasteiger partial charge in [0.15, 0.2) is 5.82 Å². The Balaban J connectivity index is 1.68. The van der Waals surface area contributed by atoms with Gasteiger partial charge >= 0.3 is 5.69 Å². The number of β-amino-alcohol motifs (C(OH)–C–C–N with tert-alkyl or cyclic N) is 1. The van der Waals surface area contributed by atoms with Crippen molar-refractivity contribution < 1.29 is 14.7 Å². The molecule has 0 aliphatic carbocycles. The first-order valence-corrected chi connectivity index (χ1v) is 8.28. The number of aromatic nitrogens is 2. The van der Waals surface area contributed by atoms with Crippen molar-refractivity contribution >= 4 is 24.0 Å². The molecule has 3 rings (SSSR count).